The lowest BCUT2D eigenvalue weighted by molar-refractivity contribution is -0.124. The highest BCUT2D eigenvalue weighted by Crippen LogP contribution is 2.30. The van der Waals surface area contributed by atoms with E-state index < -0.39 is 0 Å². The molecule has 0 saturated heterocycles. The summed E-state index contributed by atoms with van der Waals surface area (Å²) < 4.78 is 23.5. The number of halogens is 1. The maximum atomic E-state index is 12.9. The summed E-state index contributed by atoms with van der Waals surface area (Å²) in [6.45, 7) is 2.24. The molecule has 134 valence electrons. The Morgan fingerprint density at radius 1 is 1.16 bits per heavy atom. The number of carbonyl (C=O) groups is 1. The van der Waals surface area contributed by atoms with Crippen molar-refractivity contribution in [1.29, 1.82) is 0 Å². The SMILES string of the molecule is COc1cccc(CNC(=O)[C@@H](C)CSc2ccc(F)cc2)c1OC. The number of para-hydroxylation sites is 1. The van der Waals surface area contributed by atoms with Crippen LogP contribution < -0.4 is 14.8 Å². The Labute approximate surface area is 151 Å². The first-order valence-corrected chi connectivity index (χ1v) is 8.89. The van der Waals surface area contributed by atoms with E-state index in [4.69, 9.17) is 9.47 Å². The van der Waals surface area contributed by atoms with Crippen LogP contribution in [0.15, 0.2) is 47.4 Å². The summed E-state index contributed by atoms with van der Waals surface area (Å²) in [5.74, 6) is 1.40. The fourth-order valence-electron chi connectivity index (χ4n) is 2.28. The summed E-state index contributed by atoms with van der Waals surface area (Å²) in [7, 11) is 3.15. The number of amides is 1. The molecule has 1 N–H and O–H groups in total. The Hall–Kier alpha value is -2.21. The highest BCUT2D eigenvalue weighted by atomic mass is 32.2. The highest BCUT2D eigenvalue weighted by Gasteiger charge is 2.15. The zero-order valence-electron chi connectivity index (χ0n) is 14.5. The van der Waals surface area contributed by atoms with Gasteiger partial charge in [-0.1, -0.05) is 19.1 Å². The molecule has 0 radical (unpaired) electrons. The average Bonchev–Trinajstić information content (AvgIpc) is 2.64. The number of methoxy groups -OCH3 is 2. The first kappa shape index (κ1) is 19.1. The monoisotopic (exact) mass is 363 g/mol. The summed E-state index contributed by atoms with van der Waals surface area (Å²) >= 11 is 1.53. The predicted molar refractivity (Wildman–Crippen MR) is 97.7 cm³/mol. The fourth-order valence-corrected chi connectivity index (χ4v) is 3.20. The van der Waals surface area contributed by atoms with Crippen LogP contribution in [0.4, 0.5) is 4.39 Å². The zero-order valence-corrected chi connectivity index (χ0v) is 15.4. The minimum Gasteiger partial charge on any atom is -0.493 e. The molecule has 4 nitrogen and oxygen atoms in total. The lowest BCUT2D eigenvalue weighted by Gasteiger charge is -2.15. The van der Waals surface area contributed by atoms with Gasteiger partial charge < -0.3 is 14.8 Å². The Morgan fingerprint density at radius 2 is 1.88 bits per heavy atom. The van der Waals surface area contributed by atoms with Crippen molar-refractivity contribution >= 4 is 17.7 Å². The molecule has 0 saturated carbocycles. The lowest BCUT2D eigenvalue weighted by Crippen LogP contribution is -2.30. The molecule has 0 aliphatic carbocycles. The number of carbonyl (C=O) groups excluding carboxylic acids is 1. The molecule has 6 heteroatoms. The van der Waals surface area contributed by atoms with E-state index in [-0.39, 0.29) is 17.6 Å². The third kappa shape index (κ3) is 5.39. The molecular formula is C19H22FNO3S. The first-order valence-electron chi connectivity index (χ1n) is 7.91. The van der Waals surface area contributed by atoms with E-state index in [0.29, 0.717) is 23.8 Å². The van der Waals surface area contributed by atoms with Crippen molar-refractivity contribution < 1.29 is 18.7 Å². The second-order valence-electron chi connectivity index (χ2n) is 5.54. The lowest BCUT2D eigenvalue weighted by atomic mass is 10.1. The van der Waals surface area contributed by atoms with Crippen LogP contribution in [0.1, 0.15) is 12.5 Å². The smallest absolute Gasteiger partial charge is 0.223 e. The number of benzene rings is 2. The molecule has 0 aromatic heterocycles. The molecule has 2 rings (SSSR count). The molecular weight excluding hydrogens is 341 g/mol. The number of nitrogens with one attached hydrogen (secondary N) is 1. The van der Waals surface area contributed by atoms with Gasteiger partial charge in [0.2, 0.25) is 5.91 Å². The molecule has 0 fully saturated rings. The van der Waals surface area contributed by atoms with Crippen molar-refractivity contribution in [2.24, 2.45) is 5.92 Å². The van der Waals surface area contributed by atoms with Gasteiger partial charge in [0, 0.05) is 28.7 Å². The summed E-state index contributed by atoms with van der Waals surface area (Å²) in [6, 6.07) is 11.8. The van der Waals surface area contributed by atoms with Crippen LogP contribution in [-0.4, -0.2) is 25.9 Å². The Morgan fingerprint density at radius 3 is 2.52 bits per heavy atom. The summed E-state index contributed by atoms with van der Waals surface area (Å²) in [5.41, 5.74) is 0.855. The summed E-state index contributed by atoms with van der Waals surface area (Å²) in [5, 5.41) is 2.92. The van der Waals surface area contributed by atoms with Gasteiger partial charge in [0.15, 0.2) is 11.5 Å². The molecule has 2 aromatic carbocycles. The number of thioether (sulfide) groups is 1. The summed E-state index contributed by atoms with van der Waals surface area (Å²) in [4.78, 5) is 13.2. The van der Waals surface area contributed by atoms with Gasteiger partial charge in [0.05, 0.1) is 14.2 Å². The van der Waals surface area contributed by atoms with Crippen LogP contribution in [0.5, 0.6) is 11.5 Å². The van der Waals surface area contributed by atoms with Crippen molar-refractivity contribution in [1.82, 2.24) is 5.32 Å². The fraction of sp³-hybridized carbons (Fsp3) is 0.316. The maximum Gasteiger partial charge on any atom is 0.223 e. The molecule has 25 heavy (non-hydrogen) atoms. The van der Waals surface area contributed by atoms with E-state index in [0.717, 1.165) is 10.5 Å². The number of hydrogen-bond donors (Lipinski definition) is 1. The molecule has 2 aromatic rings. The minimum atomic E-state index is -0.262. The first-order chi connectivity index (χ1) is 12.0. The average molecular weight is 363 g/mol. The Bertz CT molecular complexity index is 706. The van der Waals surface area contributed by atoms with Crippen LogP contribution in [-0.2, 0) is 11.3 Å². The minimum absolute atomic E-state index is 0.0421. The molecule has 0 aliphatic rings. The predicted octanol–water partition coefficient (Wildman–Crippen LogP) is 3.89. The Kier molecular flexibility index (Phi) is 7.13. The molecule has 0 bridgehead atoms. The van der Waals surface area contributed by atoms with E-state index in [1.807, 2.05) is 25.1 Å². The number of rotatable bonds is 8. The van der Waals surface area contributed by atoms with Gasteiger partial charge in [-0.15, -0.1) is 11.8 Å². The van der Waals surface area contributed by atoms with Crippen LogP contribution in [0, 0.1) is 11.7 Å². The molecule has 0 heterocycles. The third-order valence-electron chi connectivity index (χ3n) is 3.70. The quantitative estimate of drug-likeness (QED) is 0.723. The van der Waals surface area contributed by atoms with Crippen molar-refractivity contribution in [2.75, 3.05) is 20.0 Å². The van der Waals surface area contributed by atoms with Crippen molar-refractivity contribution in [3.63, 3.8) is 0 Å². The second kappa shape index (κ2) is 9.32. The normalized spacial score (nSPS) is 11.7. The highest BCUT2D eigenvalue weighted by molar-refractivity contribution is 7.99. The molecule has 0 unspecified atom stereocenters. The molecule has 1 amide bonds. The third-order valence-corrected chi connectivity index (χ3v) is 4.97. The van der Waals surface area contributed by atoms with Gasteiger partial charge in [-0.25, -0.2) is 4.39 Å². The number of ether oxygens (including phenoxy) is 2. The van der Waals surface area contributed by atoms with Gasteiger partial charge >= 0.3 is 0 Å². The van der Waals surface area contributed by atoms with E-state index in [1.54, 1.807) is 26.4 Å². The van der Waals surface area contributed by atoms with Crippen LogP contribution in [0.3, 0.4) is 0 Å². The summed E-state index contributed by atoms with van der Waals surface area (Å²) in [6.07, 6.45) is 0. The van der Waals surface area contributed by atoms with Gasteiger partial charge in [0.25, 0.3) is 0 Å². The van der Waals surface area contributed by atoms with Crippen molar-refractivity contribution in [3.05, 3.63) is 53.8 Å². The Balaban J connectivity index is 1.88. The molecule has 0 aliphatic heterocycles. The van der Waals surface area contributed by atoms with Gasteiger partial charge in [-0.3, -0.25) is 4.79 Å². The van der Waals surface area contributed by atoms with Gasteiger partial charge in [-0.05, 0) is 30.3 Å². The van der Waals surface area contributed by atoms with Gasteiger partial charge in [-0.2, -0.15) is 0 Å². The van der Waals surface area contributed by atoms with Crippen molar-refractivity contribution in [3.8, 4) is 11.5 Å². The van der Waals surface area contributed by atoms with Crippen molar-refractivity contribution in [2.45, 2.75) is 18.4 Å². The van der Waals surface area contributed by atoms with Crippen LogP contribution in [0.2, 0.25) is 0 Å². The molecule has 0 spiro atoms. The zero-order chi connectivity index (χ0) is 18.2. The number of hydrogen-bond acceptors (Lipinski definition) is 4. The maximum absolute atomic E-state index is 12.9. The van der Waals surface area contributed by atoms with E-state index in [9.17, 15) is 9.18 Å². The largest absolute Gasteiger partial charge is 0.493 e. The standard InChI is InChI=1S/C19H22FNO3S/c1-13(12-25-16-9-7-15(20)8-10-16)19(22)21-11-14-5-4-6-17(23-2)18(14)24-3/h4-10,13H,11-12H2,1-3H3,(H,21,22)/t13-/m0/s1. The van der Waals surface area contributed by atoms with E-state index >= 15 is 0 Å². The van der Waals surface area contributed by atoms with E-state index in [2.05, 4.69) is 5.32 Å². The van der Waals surface area contributed by atoms with Crippen LogP contribution >= 0.6 is 11.8 Å². The second-order valence-corrected chi connectivity index (χ2v) is 6.63. The molecule has 1 atom stereocenters. The van der Waals surface area contributed by atoms with Crippen LogP contribution in [0.25, 0.3) is 0 Å². The van der Waals surface area contributed by atoms with Gasteiger partial charge in [0.1, 0.15) is 5.82 Å². The van der Waals surface area contributed by atoms with E-state index in [1.165, 1.54) is 23.9 Å². The topological polar surface area (TPSA) is 47.6 Å².